The molecule has 1 amide bonds. The van der Waals surface area contributed by atoms with Crippen molar-refractivity contribution in [2.75, 3.05) is 11.1 Å². The van der Waals surface area contributed by atoms with Crippen LogP contribution in [0.5, 0.6) is 0 Å². The van der Waals surface area contributed by atoms with Crippen molar-refractivity contribution in [3.8, 4) is 0 Å². The van der Waals surface area contributed by atoms with Gasteiger partial charge in [0.1, 0.15) is 10.6 Å². The van der Waals surface area contributed by atoms with Crippen LogP contribution < -0.4 is 16.4 Å². The van der Waals surface area contributed by atoms with E-state index in [0.717, 1.165) is 24.3 Å². The van der Waals surface area contributed by atoms with Gasteiger partial charge in [-0.1, -0.05) is 6.92 Å². The number of thiophene rings is 1. The Morgan fingerprint density at radius 1 is 1.43 bits per heavy atom. The molecule has 0 radical (unpaired) electrons. The zero-order chi connectivity index (χ0) is 14.8. The molecule has 1 aliphatic rings. The van der Waals surface area contributed by atoms with Crippen molar-refractivity contribution in [2.24, 2.45) is 0 Å². The second-order valence-corrected chi connectivity index (χ2v) is 7.12. The van der Waals surface area contributed by atoms with Crippen molar-refractivity contribution >= 4 is 39.6 Å². The van der Waals surface area contributed by atoms with Crippen LogP contribution >= 0.6 is 22.9 Å². The van der Waals surface area contributed by atoms with Crippen LogP contribution in [-0.4, -0.2) is 16.3 Å². The van der Waals surface area contributed by atoms with E-state index in [1.54, 1.807) is 11.3 Å². The summed E-state index contributed by atoms with van der Waals surface area (Å²) < 4.78 is 4.10. The van der Waals surface area contributed by atoms with Gasteiger partial charge in [-0.15, -0.1) is 11.3 Å². The molecule has 0 unspecified atom stereocenters. The summed E-state index contributed by atoms with van der Waals surface area (Å²) in [6.45, 7) is 2.84. The van der Waals surface area contributed by atoms with E-state index in [0.29, 0.717) is 24.0 Å². The second kappa shape index (κ2) is 6.03. The third kappa shape index (κ3) is 3.36. The number of nitrogen functional groups attached to an aromatic ring is 1. The predicted molar refractivity (Wildman–Crippen MR) is 88.0 cm³/mol. The number of aromatic nitrogens is 1. The maximum absolute atomic E-state index is 12.2. The van der Waals surface area contributed by atoms with Gasteiger partial charge in [-0.3, -0.25) is 4.79 Å². The number of amides is 1. The Labute approximate surface area is 131 Å². The van der Waals surface area contributed by atoms with Gasteiger partial charge < -0.3 is 16.4 Å². The molecule has 1 saturated carbocycles. The van der Waals surface area contributed by atoms with E-state index in [9.17, 15) is 4.79 Å². The second-order valence-electron chi connectivity index (χ2n) is 5.09. The zero-order valence-corrected chi connectivity index (χ0v) is 13.4. The average molecular weight is 322 g/mol. The van der Waals surface area contributed by atoms with Crippen LogP contribution in [0.1, 0.15) is 39.9 Å². The Morgan fingerprint density at radius 3 is 2.86 bits per heavy atom. The topological polar surface area (TPSA) is 80.0 Å². The number of anilines is 2. The summed E-state index contributed by atoms with van der Waals surface area (Å²) in [6.07, 6.45) is 3.16. The van der Waals surface area contributed by atoms with Gasteiger partial charge in [0.25, 0.3) is 5.91 Å². The van der Waals surface area contributed by atoms with Gasteiger partial charge in [-0.2, -0.15) is 4.37 Å². The number of nitrogens with zero attached hydrogens (tertiary/aromatic N) is 1. The molecule has 2 aromatic heterocycles. The van der Waals surface area contributed by atoms with Crippen molar-refractivity contribution in [1.82, 2.24) is 9.69 Å². The molecule has 0 atom stereocenters. The Hall–Kier alpha value is -1.60. The predicted octanol–water partition coefficient (Wildman–Crippen LogP) is 2.85. The molecule has 5 nitrogen and oxygen atoms in total. The van der Waals surface area contributed by atoms with E-state index < -0.39 is 0 Å². The molecule has 4 N–H and O–H groups in total. The fourth-order valence-electron chi connectivity index (χ4n) is 2.00. The molecule has 2 heterocycles. The summed E-state index contributed by atoms with van der Waals surface area (Å²) in [4.78, 5) is 14.8. The molecule has 0 saturated heterocycles. The lowest BCUT2D eigenvalue weighted by Gasteiger charge is -2.06. The van der Waals surface area contributed by atoms with E-state index in [2.05, 4.69) is 34.1 Å². The number of nitrogens with one attached hydrogen (secondary N) is 2. The van der Waals surface area contributed by atoms with Crippen LogP contribution in [0.2, 0.25) is 0 Å². The van der Waals surface area contributed by atoms with E-state index in [1.165, 1.54) is 21.3 Å². The monoisotopic (exact) mass is 322 g/mol. The first-order valence-corrected chi connectivity index (χ1v) is 8.63. The number of rotatable bonds is 6. The van der Waals surface area contributed by atoms with Crippen molar-refractivity contribution in [1.29, 1.82) is 0 Å². The maximum atomic E-state index is 12.2. The standard InChI is InChI=1S/C14H18N4OS2/c1-2-9-5-6-10(20-9)7-16-14-11(12(15)18-21-14)13(19)17-8-3-4-8/h5-6,8,16H,2-4,7H2,1H3,(H2,15,18)(H,17,19). The number of carbonyl (C=O) groups excluding carboxylic acids is 1. The van der Waals surface area contributed by atoms with Crippen molar-refractivity contribution in [3.05, 3.63) is 27.5 Å². The first kappa shape index (κ1) is 14.3. The van der Waals surface area contributed by atoms with Gasteiger partial charge in [0.2, 0.25) is 0 Å². The number of hydrogen-bond acceptors (Lipinski definition) is 6. The van der Waals surface area contributed by atoms with E-state index in [-0.39, 0.29) is 5.91 Å². The molecule has 0 spiro atoms. The third-order valence-electron chi connectivity index (χ3n) is 3.35. The van der Waals surface area contributed by atoms with Crippen molar-refractivity contribution in [3.63, 3.8) is 0 Å². The molecule has 0 bridgehead atoms. The molecule has 7 heteroatoms. The van der Waals surface area contributed by atoms with E-state index in [4.69, 9.17) is 5.73 Å². The third-order valence-corrected chi connectivity index (χ3v) is 5.40. The summed E-state index contributed by atoms with van der Waals surface area (Å²) >= 11 is 3.03. The molecule has 21 heavy (non-hydrogen) atoms. The minimum Gasteiger partial charge on any atom is -0.382 e. The highest BCUT2D eigenvalue weighted by Gasteiger charge is 2.27. The average Bonchev–Trinajstić information content (AvgIpc) is 3.02. The van der Waals surface area contributed by atoms with Gasteiger partial charge in [-0.25, -0.2) is 0 Å². The summed E-state index contributed by atoms with van der Waals surface area (Å²) in [5.74, 6) is 0.188. The lowest BCUT2D eigenvalue weighted by Crippen LogP contribution is -2.26. The quantitative estimate of drug-likeness (QED) is 0.764. The van der Waals surface area contributed by atoms with Crippen LogP contribution in [0.4, 0.5) is 10.8 Å². The first-order chi connectivity index (χ1) is 10.2. The zero-order valence-electron chi connectivity index (χ0n) is 11.8. The Balaban J connectivity index is 1.68. The largest absolute Gasteiger partial charge is 0.382 e. The molecule has 1 fully saturated rings. The Kier molecular flexibility index (Phi) is 4.12. The van der Waals surface area contributed by atoms with Crippen LogP contribution in [0, 0.1) is 0 Å². The van der Waals surface area contributed by atoms with Crippen LogP contribution in [0.25, 0.3) is 0 Å². The lowest BCUT2D eigenvalue weighted by molar-refractivity contribution is 0.0953. The van der Waals surface area contributed by atoms with E-state index in [1.807, 2.05) is 0 Å². The minimum atomic E-state index is -0.119. The van der Waals surface area contributed by atoms with Crippen molar-refractivity contribution in [2.45, 2.75) is 38.8 Å². The fraction of sp³-hybridized carbons (Fsp3) is 0.429. The van der Waals surface area contributed by atoms with Crippen LogP contribution in [-0.2, 0) is 13.0 Å². The highest BCUT2D eigenvalue weighted by atomic mass is 32.1. The van der Waals surface area contributed by atoms with Gasteiger partial charge in [0, 0.05) is 15.8 Å². The Bertz CT molecular complexity index is 645. The number of carbonyl (C=O) groups is 1. The smallest absolute Gasteiger partial charge is 0.258 e. The highest BCUT2D eigenvalue weighted by Crippen LogP contribution is 2.29. The highest BCUT2D eigenvalue weighted by molar-refractivity contribution is 7.12. The summed E-state index contributed by atoms with van der Waals surface area (Å²) in [5.41, 5.74) is 6.32. The van der Waals surface area contributed by atoms with Gasteiger partial charge in [0.15, 0.2) is 5.82 Å². The minimum absolute atomic E-state index is 0.119. The summed E-state index contributed by atoms with van der Waals surface area (Å²) in [5, 5.41) is 6.99. The maximum Gasteiger partial charge on any atom is 0.258 e. The normalized spacial score (nSPS) is 14.1. The van der Waals surface area contributed by atoms with Gasteiger partial charge in [0.05, 0.1) is 6.54 Å². The van der Waals surface area contributed by atoms with Crippen molar-refractivity contribution < 1.29 is 4.79 Å². The number of nitrogens with two attached hydrogens (primary N) is 1. The summed E-state index contributed by atoms with van der Waals surface area (Å²) in [6, 6.07) is 4.57. The first-order valence-electron chi connectivity index (χ1n) is 7.04. The Morgan fingerprint density at radius 2 is 2.19 bits per heavy atom. The molecule has 0 aromatic carbocycles. The number of aryl methyl sites for hydroxylation is 1. The number of hydrogen-bond donors (Lipinski definition) is 3. The summed E-state index contributed by atoms with van der Waals surface area (Å²) in [7, 11) is 0. The fourth-order valence-corrected chi connectivity index (χ4v) is 3.61. The molecule has 1 aliphatic carbocycles. The molecular weight excluding hydrogens is 304 g/mol. The van der Waals surface area contributed by atoms with E-state index >= 15 is 0 Å². The molecule has 3 rings (SSSR count). The molecule has 112 valence electrons. The van der Waals surface area contributed by atoms with Gasteiger partial charge >= 0.3 is 0 Å². The van der Waals surface area contributed by atoms with Crippen LogP contribution in [0.3, 0.4) is 0 Å². The molecule has 0 aliphatic heterocycles. The molecule has 2 aromatic rings. The molecular formula is C14H18N4OS2. The van der Waals surface area contributed by atoms with Gasteiger partial charge in [-0.05, 0) is 42.9 Å². The SMILES string of the molecule is CCc1ccc(CNc2snc(N)c2C(=O)NC2CC2)s1. The lowest BCUT2D eigenvalue weighted by atomic mass is 10.3. The van der Waals surface area contributed by atoms with Crippen LogP contribution in [0.15, 0.2) is 12.1 Å².